The minimum absolute atomic E-state index is 0.458. The third-order valence-electron chi connectivity index (χ3n) is 3.87. The van der Waals surface area contributed by atoms with Crippen LogP contribution in [0.5, 0.6) is 5.75 Å². The second kappa shape index (κ2) is 5.19. The number of methoxy groups -OCH3 is 1. The van der Waals surface area contributed by atoms with Gasteiger partial charge in [-0.1, -0.05) is 19.9 Å². The number of rotatable bonds is 4. The first kappa shape index (κ1) is 13.2. The molecule has 1 atom stereocenters. The Kier molecular flexibility index (Phi) is 3.81. The van der Waals surface area contributed by atoms with E-state index in [1.807, 2.05) is 18.2 Å². The Balaban J connectivity index is 2.12. The van der Waals surface area contributed by atoms with E-state index in [1.165, 1.54) is 19.3 Å². The van der Waals surface area contributed by atoms with Crippen LogP contribution in [-0.2, 0) is 6.54 Å². The molecular formula is C15H24N2O. The van der Waals surface area contributed by atoms with Crippen LogP contribution < -0.4 is 15.8 Å². The fourth-order valence-electron chi connectivity index (χ4n) is 2.77. The number of anilines is 1. The molecule has 0 saturated heterocycles. The van der Waals surface area contributed by atoms with E-state index in [9.17, 15) is 0 Å². The molecule has 0 spiro atoms. The van der Waals surface area contributed by atoms with E-state index in [4.69, 9.17) is 10.5 Å². The van der Waals surface area contributed by atoms with Crippen LogP contribution >= 0.6 is 0 Å². The van der Waals surface area contributed by atoms with Crippen LogP contribution in [-0.4, -0.2) is 13.2 Å². The molecule has 18 heavy (non-hydrogen) atoms. The smallest absolute Gasteiger partial charge is 0.120 e. The first-order chi connectivity index (χ1) is 8.54. The van der Waals surface area contributed by atoms with Gasteiger partial charge in [0.25, 0.3) is 0 Å². The molecule has 3 N–H and O–H groups in total. The van der Waals surface area contributed by atoms with Gasteiger partial charge in [-0.15, -0.1) is 0 Å². The highest BCUT2D eigenvalue weighted by Gasteiger charge is 2.30. The van der Waals surface area contributed by atoms with Crippen molar-refractivity contribution < 1.29 is 4.74 Å². The number of nitrogens with two attached hydrogens (primary N) is 1. The fraction of sp³-hybridized carbons (Fsp3) is 0.600. The Morgan fingerprint density at radius 2 is 2.22 bits per heavy atom. The van der Waals surface area contributed by atoms with Gasteiger partial charge in [-0.25, -0.2) is 0 Å². The highest BCUT2D eigenvalue weighted by molar-refractivity contribution is 5.56. The van der Waals surface area contributed by atoms with Gasteiger partial charge < -0.3 is 15.8 Å². The van der Waals surface area contributed by atoms with Crippen LogP contribution in [0, 0.1) is 5.41 Å². The largest absolute Gasteiger partial charge is 0.497 e. The van der Waals surface area contributed by atoms with Crippen LogP contribution in [0.3, 0.4) is 0 Å². The molecular weight excluding hydrogens is 224 g/mol. The van der Waals surface area contributed by atoms with Gasteiger partial charge in [0.2, 0.25) is 0 Å². The first-order valence-electron chi connectivity index (χ1n) is 6.67. The number of benzene rings is 1. The van der Waals surface area contributed by atoms with E-state index in [0.717, 1.165) is 17.0 Å². The monoisotopic (exact) mass is 248 g/mol. The Hall–Kier alpha value is -1.22. The molecule has 1 aliphatic rings. The van der Waals surface area contributed by atoms with Crippen LogP contribution in [0.4, 0.5) is 5.69 Å². The Morgan fingerprint density at radius 1 is 1.44 bits per heavy atom. The lowest BCUT2D eigenvalue weighted by molar-refractivity contribution is 0.378. The van der Waals surface area contributed by atoms with Gasteiger partial charge in [0.15, 0.2) is 0 Å². The predicted octanol–water partition coefficient (Wildman–Crippen LogP) is 3.14. The lowest BCUT2D eigenvalue weighted by Crippen LogP contribution is -2.19. The van der Waals surface area contributed by atoms with Crippen LogP contribution in [0.15, 0.2) is 18.2 Å². The minimum Gasteiger partial charge on any atom is -0.497 e. The Labute approximate surface area is 110 Å². The molecule has 0 aliphatic heterocycles. The molecule has 3 heteroatoms. The maximum atomic E-state index is 5.79. The highest BCUT2D eigenvalue weighted by Crippen LogP contribution is 2.38. The van der Waals surface area contributed by atoms with Crippen molar-refractivity contribution in [2.45, 2.75) is 45.7 Å². The molecule has 3 nitrogen and oxygen atoms in total. The summed E-state index contributed by atoms with van der Waals surface area (Å²) >= 11 is 0. The van der Waals surface area contributed by atoms with Crippen molar-refractivity contribution >= 4 is 5.69 Å². The molecule has 1 aromatic carbocycles. The zero-order valence-electron chi connectivity index (χ0n) is 11.6. The predicted molar refractivity (Wildman–Crippen MR) is 75.9 cm³/mol. The standard InChI is InChI=1S/C15H24N2O/c1-15(2)7-6-12(9-15)17-14-8-13(18-3)5-4-11(14)10-16/h4-5,8,12,17H,6-7,9-10,16H2,1-3H3. The molecule has 0 amide bonds. The average Bonchev–Trinajstić information content (AvgIpc) is 2.68. The first-order valence-corrected chi connectivity index (χ1v) is 6.67. The van der Waals surface area contributed by atoms with Gasteiger partial charge in [-0.05, 0) is 36.3 Å². The van der Waals surface area contributed by atoms with E-state index in [1.54, 1.807) is 7.11 Å². The second-order valence-corrected chi connectivity index (χ2v) is 5.98. The number of nitrogens with one attached hydrogen (secondary N) is 1. The SMILES string of the molecule is COc1ccc(CN)c(NC2CCC(C)(C)C2)c1. The van der Waals surface area contributed by atoms with E-state index in [0.29, 0.717) is 18.0 Å². The van der Waals surface area contributed by atoms with Crippen molar-refractivity contribution in [3.05, 3.63) is 23.8 Å². The normalized spacial score (nSPS) is 21.9. The highest BCUT2D eigenvalue weighted by atomic mass is 16.5. The number of ether oxygens (including phenoxy) is 1. The summed E-state index contributed by atoms with van der Waals surface area (Å²) in [6, 6.07) is 6.61. The molecule has 1 aromatic rings. The van der Waals surface area contributed by atoms with Gasteiger partial charge in [0, 0.05) is 24.3 Å². The number of hydrogen-bond donors (Lipinski definition) is 2. The summed E-state index contributed by atoms with van der Waals surface area (Å²) in [7, 11) is 1.69. The van der Waals surface area contributed by atoms with Gasteiger partial charge in [0.05, 0.1) is 7.11 Å². The van der Waals surface area contributed by atoms with Crippen LogP contribution in [0.1, 0.15) is 38.7 Å². The van der Waals surface area contributed by atoms with Crippen LogP contribution in [0.25, 0.3) is 0 Å². The lowest BCUT2D eigenvalue weighted by atomic mass is 9.92. The van der Waals surface area contributed by atoms with Crippen molar-refractivity contribution in [3.63, 3.8) is 0 Å². The third-order valence-corrected chi connectivity index (χ3v) is 3.87. The maximum Gasteiger partial charge on any atom is 0.120 e. The van der Waals surface area contributed by atoms with Crippen molar-refractivity contribution in [2.24, 2.45) is 11.1 Å². The summed E-state index contributed by atoms with van der Waals surface area (Å²) < 4.78 is 5.28. The topological polar surface area (TPSA) is 47.3 Å². The van der Waals surface area contributed by atoms with E-state index < -0.39 is 0 Å². The molecule has 0 aromatic heterocycles. The molecule has 100 valence electrons. The van der Waals surface area contributed by atoms with Gasteiger partial charge in [-0.2, -0.15) is 0 Å². The Bertz CT molecular complexity index is 415. The Morgan fingerprint density at radius 3 is 2.78 bits per heavy atom. The van der Waals surface area contributed by atoms with Crippen molar-refractivity contribution in [1.29, 1.82) is 0 Å². The second-order valence-electron chi connectivity index (χ2n) is 5.98. The van der Waals surface area contributed by atoms with E-state index >= 15 is 0 Å². The summed E-state index contributed by atoms with van der Waals surface area (Å²) in [6.45, 7) is 5.23. The molecule has 1 aliphatic carbocycles. The molecule has 0 radical (unpaired) electrons. The molecule has 1 unspecified atom stereocenters. The summed E-state index contributed by atoms with van der Waals surface area (Å²) in [5.74, 6) is 0.881. The van der Waals surface area contributed by atoms with Gasteiger partial charge in [0.1, 0.15) is 5.75 Å². The zero-order chi connectivity index (χ0) is 13.2. The molecule has 0 bridgehead atoms. The van der Waals surface area contributed by atoms with Gasteiger partial charge >= 0.3 is 0 Å². The van der Waals surface area contributed by atoms with Crippen molar-refractivity contribution in [3.8, 4) is 5.75 Å². The molecule has 1 saturated carbocycles. The quantitative estimate of drug-likeness (QED) is 0.860. The van der Waals surface area contributed by atoms with E-state index in [2.05, 4.69) is 19.2 Å². The van der Waals surface area contributed by atoms with Gasteiger partial charge in [-0.3, -0.25) is 0 Å². The number of hydrogen-bond acceptors (Lipinski definition) is 3. The minimum atomic E-state index is 0.458. The third kappa shape index (κ3) is 2.96. The van der Waals surface area contributed by atoms with Crippen molar-refractivity contribution in [2.75, 3.05) is 12.4 Å². The summed E-state index contributed by atoms with van der Waals surface area (Å²) in [4.78, 5) is 0. The maximum absolute atomic E-state index is 5.79. The fourth-order valence-corrected chi connectivity index (χ4v) is 2.77. The molecule has 0 heterocycles. The summed E-state index contributed by atoms with van der Waals surface area (Å²) in [5, 5.41) is 3.63. The van der Waals surface area contributed by atoms with Crippen molar-refractivity contribution in [1.82, 2.24) is 0 Å². The lowest BCUT2D eigenvalue weighted by Gasteiger charge is -2.20. The molecule has 1 fully saturated rings. The zero-order valence-corrected chi connectivity index (χ0v) is 11.6. The average molecular weight is 248 g/mol. The summed E-state index contributed by atoms with van der Waals surface area (Å²) in [6.07, 6.45) is 3.73. The molecule has 2 rings (SSSR count). The van der Waals surface area contributed by atoms with Crippen LogP contribution in [0.2, 0.25) is 0 Å². The van der Waals surface area contributed by atoms with E-state index in [-0.39, 0.29) is 0 Å². The summed E-state index contributed by atoms with van der Waals surface area (Å²) in [5.41, 5.74) is 8.52.